The van der Waals surface area contributed by atoms with Gasteiger partial charge in [0.1, 0.15) is 0 Å². The Hall–Kier alpha value is -2.41. The van der Waals surface area contributed by atoms with Gasteiger partial charge in [-0.3, -0.25) is 10.1 Å². The standard InChI is InChI=1S/C12H14N2O5/c1-13-9(11(16)17)10(15)14-8-6-4-3-5-7(8)12(18)19-2/h3-6,9,13H,1-2H3,(H,14,15)(H,16,17). The molecule has 0 aliphatic rings. The zero-order chi connectivity index (χ0) is 14.4. The molecule has 0 bridgehead atoms. The number of carbonyl (C=O) groups is 3. The lowest BCUT2D eigenvalue weighted by molar-refractivity contribution is -0.142. The van der Waals surface area contributed by atoms with Crippen molar-refractivity contribution in [3.05, 3.63) is 29.8 Å². The minimum atomic E-state index is -1.40. The summed E-state index contributed by atoms with van der Waals surface area (Å²) in [6, 6.07) is 4.77. The number of rotatable bonds is 5. The number of esters is 1. The molecule has 0 saturated carbocycles. The Morgan fingerprint density at radius 1 is 1.26 bits per heavy atom. The molecule has 0 radical (unpaired) electrons. The topological polar surface area (TPSA) is 105 Å². The second kappa shape index (κ2) is 6.50. The molecular formula is C12H14N2O5. The van der Waals surface area contributed by atoms with Crippen molar-refractivity contribution in [2.45, 2.75) is 6.04 Å². The Morgan fingerprint density at radius 2 is 1.89 bits per heavy atom. The van der Waals surface area contributed by atoms with Crippen LogP contribution < -0.4 is 10.6 Å². The number of carboxylic acids is 1. The highest BCUT2D eigenvalue weighted by molar-refractivity contribution is 6.10. The molecule has 0 spiro atoms. The van der Waals surface area contributed by atoms with Crippen LogP contribution in [0.2, 0.25) is 0 Å². The number of benzene rings is 1. The van der Waals surface area contributed by atoms with E-state index in [0.29, 0.717) is 0 Å². The normalized spacial score (nSPS) is 11.5. The molecule has 7 nitrogen and oxygen atoms in total. The average Bonchev–Trinajstić information content (AvgIpc) is 2.38. The van der Waals surface area contributed by atoms with Crippen LogP contribution in [0.1, 0.15) is 10.4 Å². The molecule has 7 heteroatoms. The maximum absolute atomic E-state index is 11.7. The molecule has 102 valence electrons. The Balaban J connectivity index is 2.96. The van der Waals surface area contributed by atoms with Gasteiger partial charge >= 0.3 is 11.9 Å². The highest BCUT2D eigenvalue weighted by Gasteiger charge is 2.25. The number of para-hydroxylation sites is 1. The number of likely N-dealkylation sites (N-methyl/N-ethyl adjacent to an activating group) is 1. The van der Waals surface area contributed by atoms with Gasteiger partial charge in [-0.05, 0) is 19.2 Å². The van der Waals surface area contributed by atoms with Gasteiger partial charge < -0.3 is 15.2 Å². The number of carboxylic acid groups (broad SMARTS) is 1. The van der Waals surface area contributed by atoms with E-state index in [2.05, 4.69) is 15.4 Å². The Morgan fingerprint density at radius 3 is 2.42 bits per heavy atom. The van der Waals surface area contributed by atoms with Gasteiger partial charge in [0.15, 0.2) is 6.04 Å². The highest BCUT2D eigenvalue weighted by Crippen LogP contribution is 2.16. The van der Waals surface area contributed by atoms with E-state index in [1.165, 1.54) is 26.3 Å². The summed E-state index contributed by atoms with van der Waals surface area (Å²) < 4.78 is 4.57. The number of anilines is 1. The van der Waals surface area contributed by atoms with Crippen LogP contribution in [0.3, 0.4) is 0 Å². The summed E-state index contributed by atoms with van der Waals surface area (Å²) in [6.45, 7) is 0. The Bertz CT molecular complexity index is 501. The zero-order valence-electron chi connectivity index (χ0n) is 10.5. The predicted octanol–water partition coefficient (Wildman–Crippen LogP) is 0.0843. The number of ether oxygens (including phenoxy) is 1. The van der Waals surface area contributed by atoms with Crippen LogP contribution in [0.5, 0.6) is 0 Å². The fourth-order valence-corrected chi connectivity index (χ4v) is 1.45. The minimum Gasteiger partial charge on any atom is -0.480 e. The lowest BCUT2D eigenvalue weighted by atomic mass is 10.1. The summed E-state index contributed by atoms with van der Waals surface area (Å²) in [7, 11) is 2.57. The molecule has 1 unspecified atom stereocenters. The minimum absolute atomic E-state index is 0.151. The van der Waals surface area contributed by atoms with E-state index in [1.807, 2.05) is 0 Å². The summed E-state index contributed by atoms with van der Waals surface area (Å²) >= 11 is 0. The Labute approximate surface area is 109 Å². The smallest absolute Gasteiger partial charge is 0.339 e. The fraction of sp³-hybridized carbons (Fsp3) is 0.250. The average molecular weight is 266 g/mol. The first-order chi connectivity index (χ1) is 9.01. The first-order valence-electron chi connectivity index (χ1n) is 5.39. The van der Waals surface area contributed by atoms with E-state index < -0.39 is 23.9 Å². The molecule has 1 aromatic rings. The number of carbonyl (C=O) groups excluding carboxylic acids is 2. The summed E-state index contributed by atoms with van der Waals surface area (Å²) in [4.78, 5) is 34.0. The van der Waals surface area contributed by atoms with E-state index in [1.54, 1.807) is 12.1 Å². The molecule has 19 heavy (non-hydrogen) atoms. The van der Waals surface area contributed by atoms with Gasteiger partial charge in [0, 0.05) is 0 Å². The van der Waals surface area contributed by atoms with Crippen LogP contribution in [-0.2, 0) is 14.3 Å². The number of nitrogens with one attached hydrogen (secondary N) is 2. The third-order valence-corrected chi connectivity index (χ3v) is 2.39. The van der Waals surface area contributed by atoms with Crippen molar-refractivity contribution < 1.29 is 24.2 Å². The van der Waals surface area contributed by atoms with Crippen LogP contribution in [0, 0.1) is 0 Å². The summed E-state index contributed by atoms with van der Waals surface area (Å²) in [5.74, 6) is -2.70. The monoisotopic (exact) mass is 266 g/mol. The van der Waals surface area contributed by atoms with E-state index in [4.69, 9.17) is 5.11 Å². The molecule has 0 saturated heterocycles. The van der Waals surface area contributed by atoms with E-state index in [0.717, 1.165) is 0 Å². The van der Waals surface area contributed by atoms with E-state index >= 15 is 0 Å². The van der Waals surface area contributed by atoms with E-state index in [-0.39, 0.29) is 11.3 Å². The fourth-order valence-electron chi connectivity index (χ4n) is 1.45. The van der Waals surface area contributed by atoms with Crippen LogP contribution in [0.4, 0.5) is 5.69 Å². The number of hydrogen-bond donors (Lipinski definition) is 3. The summed E-state index contributed by atoms with van der Waals surface area (Å²) in [5.41, 5.74) is 0.347. The molecule has 0 heterocycles. The highest BCUT2D eigenvalue weighted by atomic mass is 16.5. The second-order valence-electron chi connectivity index (χ2n) is 3.59. The van der Waals surface area contributed by atoms with Crippen molar-refractivity contribution in [1.82, 2.24) is 5.32 Å². The van der Waals surface area contributed by atoms with Gasteiger partial charge in [0.25, 0.3) is 5.91 Å². The van der Waals surface area contributed by atoms with Crippen LogP contribution in [-0.4, -0.2) is 43.2 Å². The number of aliphatic carboxylic acids is 1. The van der Waals surface area contributed by atoms with Gasteiger partial charge in [-0.15, -0.1) is 0 Å². The molecule has 0 aliphatic carbocycles. The van der Waals surface area contributed by atoms with Crippen molar-refractivity contribution in [2.75, 3.05) is 19.5 Å². The van der Waals surface area contributed by atoms with Gasteiger partial charge in [-0.1, -0.05) is 12.1 Å². The first kappa shape index (κ1) is 14.7. The number of methoxy groups -OCH3 is 1. The first-order valence-corrected chi connectivity index (χ1v) is 5.39. The molecule has 1 aromatic carbocycles. The Kier molecular flexibility index (Phi) is 5.01. The van der Waals surface area contributed by atoms with Crippen LogP contribution in [0.15, 0.2) is 24.3 Å². The van der Waals surface area contributed by atoms with Gasteiger partial charge in [-0.2, -0.15) is 0 Å². The predicted molar refractivity (Wildman–Crippen MR) is 66.9 cm³/mol. The zero-order valence-corrected chi connectivity index (χ0v) is 10.5. The summed E-state index contributed by atoms with van der Waals surface area (Å²) in [5, 5.41) is 13.6. The van der Waals surface area contributed by atoms with Crippen LogP contribution >= 0.6 is 0 Å². The largest absolute Gasteiger partial charge is 0.480 e. The SMILES string of the molecule is CNC(C(=O)O)C(=O)Nc1ccccc1C(=O)OC. The summed E-state index contributed by atoms with van der Waals surface area (Å²) in [6.07, 6.45) is 0. The second-order valence-corrected chi connectivity index (χ2v) is 3.59. The lowest BCUT2D eigenvalue weighted by Gasteiger charge is -2.13. The van der Waals surface area contributed by atoms with Gasteiger partial charge in [0.2, 0.25) is 0 Å². The van der Waals surface area contributed by atoms with Crippen molar-refractivity contribution in [2.24, 2.45) is 0 Å². The molecule has 1 amide bonds. The van der Waals surface area contributed by atoms with Crippen molar-refractivity contribution >= 4 is 23.5 Å². The molecule has 1 atom stereocenters. The van der Waals surface area contributed by atoms with Gasteiger partial charge in [-0.25, -0.2) is 9.59 Å². The van der Waals surface area contributed by atoms with Crippen molar-refractivity contribution in [3.63, 3.8) is 0 Å². The number of amides is 1. The maximum atomic E-state index is 11.7. The molecule has 3 N–H and O–H groups in total. The lowest BCUT2D eigenvalue weighted by Crippen LogP contribution is -2.44. The quantitative estimate of drug-likeness (QED) is 0.515. The maximum Gasteiger partial charge on any atom is 0.339 e. The molecule has 1 rings (SSSR count). The van der Waals surface area contributed by atoms with E-state index in [9.17, 15) is 14.4 Å². The number of hydrogen-bond acceptors (Lipinski definition) is 5. The van der Waals surface area contributed by atoms with Crippen molar-refractivity contribution in [1.29, 1.82) is 0 Å². The molecular weight excluding hydrogens is 252 g/mol. The molecule has 0 fully saturated rings. The molecule has 0 aromatic heterocycles. The van der Waals surface area contributed by atoms with Crippen LogP contribution in [0.25, 0.3) is 0 Å². The third kappa shape index (κ3) is 3.52. The van der Waals surface area contributed by atoms with Crippen molar-refractivity contribution in [3.8, 4) is 0 Å². The molecule has 0 aliphatic heterocycles. The van der Waals surface area contributed by atoms with Gasteiger partial charge in [0.05, 0.1) is 18.4 Å². The third-order valence-electron chi connectivity index (χ3n) is 2.39.